The fourth-order valence-electron chi connectivity index (χ4n) is 4.55. The molecular weight excluding hydrogens is 388 g/mol. The Morgan fingerprint density at radius 1 is 1.10 bits per heavy atom. The second-order valence-electron chi connectivity index (χ2n) is 7.89. The van der Waals surface area contributed by atoms with E-state index in [0.717, 1.165) is 37.7 Å². The minimum Gasteiger partial charge on any atom is -0.459 e. The first-order chi connectivity index (χ1) is 14.7. The van der Waals surface area contributed by atoms with Crippen LogP contribution in [0.5, 0.6) is 11.5 Å². The molecule has 0 bridgehead atoms. The highest BCUT2D eigenvalue weighted by Gasteiger charge is 2.53. The summed E-state index contributed by atoms with van der Waals surface area (Å²) in [6.45, 7) is 0.706. The third-order valence-corrected chi connectivity index (χ3v) is 6.05. The first-order valence-corrected chi connectivity index (χ1v) is 10.3. The number of carbonyl (C=O) groups is 2. The van der Waals surface area contributed by atoms with Crippen molar-refractivity contribution in [2.75, 3.05) is 13.4 Å². The van der Waals surface area contributed by atoms with Gasteiger partial charge in [0.1, 0.15) is 11.8 Å². The Bertz CT molecular complexity index is 935. The van der Waals surface area contributed by atoms with E-state index in [1.165, 1.54) is 6.26 Å². The maximum absolute atomic E-state index is 13.2. The van der Waals surface area contributed by atoms with E-state index < -0.39 is 11.8 Å². The van der Waals surface area contributed by atoms with E-state index >= 15 is 0 Å². The summed E-state index contributed by atoms with van der Waals surface area (Å²) in [5, 5.41) is 2.94. The quantitative estimate of drug-likeness (QED) is 0.831. The minimum absolute atomic E-state index is 0.180. The van der Waals surface area contributed by atoms with Gasteiger partial charge in [-0.15, -0.1) is 0 Å². The van der Waals surface area contributed by atoms with Crippen molar-refractivity contribution >= 4 is 11.8 Å². The van der Waals surface area contributed by atoms with E-state index in [1.54, 1.807) is 17.0 Å². The predicted octanol–water partition coefficient (Wildman–Crippen LogP) is 2.83. The molecule has 3 aliphatic rings. The number of furan rings is 1. The van der Waals surface area contributed by atoms with Crippen LogP contribution in [0.15, 0.2) is 41.0 Å². The molecule has 0 unspecified atom stereocenters. The Labute approximate surface area is 174 Å². The van der Waals surface area contributed by atoms with Crippen molar-refractivity contribution in [3.8, 4) is 11.5 Å². The van der Waals surface area contributed by atoms with Gasteiger partial charge in [-0.3, -0.25) is 14.5 Å². The topological polar surface area (TPSA) is 90.2 Å². The van der Waals surface area contributed by atoms with E-state index in [1.807, 2.05) is 18.2 Å². The number of hydrogen-bond donors (Lipinski definition) is 1. The Kier molecular flexibility index (Phi) is 4.86. The van der Waals surface area contributed by atoms with Crippen LogP contribution in [0, 0.1) is 0 Å². The number of rotatable bonds is 4. The Morgan fingerprint density at radius 3 is 2.73 bits per heavy atom. The number of nitrogens with zero attached hydrogens (tertiary/aromatic N) is 1. The Balaban J connectivity index is 1.33. The zero-order chi connectivity index (χ0) is 20.6. The highest BCUT2D eigenvalue weighted by atomic mass is 16.7. The number of benzene rings is 1. The number of carbonyl (C=O) groups excluding carboxylic acids is 2. The van der Waals surface area contributed by atoms with Crippen LogP contribution < -0.4 is 14.8 Å². The van der Waals surface area contributed by atoms with Crippen LogP contribution >= 0.6 is 0 Å². The third kappa shape index (κ3) is 3.31. The molecule has 1 saturated carbocycles. The van der Waals surface area contributed by atoms with Crippen LogP contribution in [-0.2, 0) is 16.1 Å². The van der Waals surface area contributed by atoms with Gasteiger partial charge in [0.15, 0.2) is 17.3 Å². The highest BCUT2D eigenvalue weighted by Crippen LogP contribution is 2.41. The first-order valence-electron chi connectivity index (χ1n) is 10.3. The summed E-state index contributed by atoms with van der Waals surface area (Å²) in [5.41, 5.74) is 0.158. The van der Waals surface area contributed by atoms with Gasteiger partial charge >= 0.3 is 0 Å². The lowest BCUT2D eigenvalue weighted by atomic mass is 9.90. The Morgan fingerprint density at radius 2 is 1.93 bits per heavy atom. The molecule has 1 aromatic carbocycles. The molecule has 1 saturated heterocycles. The molecule has 1 aliphatic carbocycles. The van der Waals surface area contributed by atoms with E-state index in [-0.39, 0.29) is 31.0 Å². The second-order valence-corrected chi connectivity index (χ2v) is 7.89. The van der Waals surface area contributed by atoms with Gasteiger partial charge < -0.3 is 23.9 Å². The van der Waals surface area contributed by atoms with Crippen molar-refractivity contribution in [1.29, 1.82) is 0 Å². The van der Waals surface area contributed by atoms with Crippen molar-refractivity contribution in [3.63, 3.8) is 0 Å². The standard InChI is InChI=1S/C22H24N2O6/c25-20(23-12-15-6-7-17-19(11-15)29-14-28-17)16-13-30-22(8-2-1-3-9-22)24(16)21(26)18-5-4-10-27-18/h4-7,10-11,16H,1-3,8-9,12-14H2,(H,23,25)/t16-/m0/s1. The lowest BCUT2D eigenvalue weighted by Crippen LogP contribution is -2.56. The predicted molar refractivity (Wildman–Crippen MR) is 105 cm³/mol. The molecule has 1 N–H and O–H groups in total. The van der Waals surface area contributed by atoms with Gasteiger partial charge in [-0.25, -0.2) is 0 Å². The lowest BCUT2D eigenvalue weighted by Gasteiger charge is -2.41. The molecule has 0 radical (unpaired) electrons. The zero-order valence-corrected chi connectivity index (χ0v) is 16.6. The van der Waals surface area contributed by atoms with Gasteiger partial charge in [0.2, 0.25) is 12.7 Å². The van der Waals surface area contributed by atoms with Gasteiger partial charge in [-0.2, -0.15) is 0 Å². The Hall–Kier alpha value is -3.00. The molecule has 30 heavy (non-hydrogen) atoms. The average molecular weight is 412 g/mol. The smallest absolute Gasteiger partial charge is 0.292 e. The number of ether oxygens (including phenoxy) is 3. The lowest BCUT2D eigenvalue weighted by molar-refractivity contribution is -0.127. The molecule has 1 aromatic heterocycles. The van der Waals surface area contributed by atoms with E-state index in [2.05, 4.69) is 5.32 Å². The fourth-order valence-corrected chi connectivity index (χ4v) is 4.55. The first kappa shape index (κ1) is 19.0. The largest absolute Gasteiger partial charge is 0.459 e. The highest BCUT2D eigenvalue weighted by molar-refractivity contribution is 5.96. The van der Waals surface area contributed by atoms with Gasteiger partial charge in [-0.05, 0) is 55.5 Å². The van der Waals surface area contributed by atoms with Crippen LogP contribution in [0.4, 0.5) is 0 Å². The molecule has 1 spiro atoms. The van der Waals surface area contributed by atoms with Gasteiger partial charge in [-0.1, -0.05) is 12.5 Å². The van der Waals surface area contributed by atoms with Crippen molar-refractivity contribution in [2.24, 2.45) is 0 Å². The SMILES string of the molecule is O=C(NCc1ccc2c(c1)OCO2)[C@@H]1COC2(CCCCC2)N1C(=O)c1ccco1. The second kappa shape index (κ2) is 7.68. The molecule has 2 aliphatic heterocycles. The summed E-state index contributed by atoms with van der Waals surface area (Å²) in [7, 11) is 0. The van der Waals surface area contributed by atoms with Crippen LogP contribution in [0.1, 0.15) is 48.2 Å². The molecule has 2 amide bonds. The van der Waals surface area contributed by atoms with Crippen LogP contribution in [0.2, 0.25) is 0 Å². The van der Waals surface area contributed by atoms with Crippen molar-refractivity contribution < 1.29 is 28.2 Å². The van der Waals surface area contributed by atoms with Crippen molar-refractivity contribution in [3.05, 3.63) is 47.9 Å². The van der Waals surface area contributed by atoms with Crippen molar-refractivity contribution in [2.45, 2.75) is 50.4 Å². The molecule has 3 heterocycles. The maximum Gasteiger partial charge on any atom is 0.292 e. The number of amides is 2. The molecule has 8 nitrogen and oxygen atoms in total. The molecule has 8 heteroatoms. The molecule has 5 rings (SSSR count). The number of nitrogens with one attached hydrogen (secondary N) is 1. The molecule has 2 aromatic rings. The fraction of sp³-hybridized carbons (Fsp3) is 0.455. The number of hydrogen-bond acceptors (Lipinski definition) is 6. The normalized spacial score (nSPS) is 21.7. The third-order valence-electron chi connectivity index (χ3n) is 6.05. The monoisotopic (exact) mass is 412 g/mol. The summed E-state index contributed by atoms with van der Waals surface area (Å²) in [6.07, 6.45) is 5.96. The molecule has 1 atom stereocenters. The summed E-state index contributed by atoms with van der Waals surface area (Å²) in [6, 6.07) is 8.15. The van der Waals surface area contributed by atoms with Gasteiger partial charge in [0, 0.05) is 6.54 Å². The number of fused-ring (bicyclic) bond motifs is 1. The summed E-state index contributed by atoms with van der Waals surface area (Å²) in [4.78, 5) is 27.9. The van der Waals surface area contributed by atoms with Crippen LogP contribution in [-0.4, -0.2) is 41.9 Å². The maximum atomic E-state index is 13.2. The summed E-state index contributed by atoms with van der Waals surface area (Å²) in [5.74, 6) is 1.04. The average Bonchev–Trinajstić information content (AvgIpc) is 3.52. The van der Waals surface area contributed by atoms with Crippen LogP contribution in [0.25, 0.3) is 0 Å². The minimum atomic E-state index is -0.733. The summed E-state index contributed by atoms with van der Waals surface area (Å²) >= 11 is 0. The summed E-state index contributed by atoms with van der Waals surface area (Å²) < 4.78 is 22.2. The van der Waals surface area contributed by atoms with E-state index in [4.69, 9.17) is 18.6 Å². The van der Waals surface area contributed by atoms with Crippen LogP contribution in [0.3, 0.4) is 0 Å². The van der Waals surface area contributed by atoms with Gasteiger partial charge in [0.05, 0.1) is 12.9 Å². The van der Waals surface area contributed by atoms with Crippen molar-refractivity contribution in [1.82, 2.24) is 10.2 Å². The molecule has 158 valence electrons. The van der Waals surface area contributed by atoms with E-state index in [9.17, 15) is 9.59 Å². The zero-order valence-electron chi connectivity index (χ0n) is 16.6. The van der Waals surface area contributed by atoms with E-state index in [0.29, 0.717) is 18.0 Å². The molecule has 2 fully saturated rings. The molecular formula is C22H24N2O6. The van der Waals surface area contributed by atoms with Gasteiger partial charge in [0.25, 0.3) is 5.91 Å².